The summed E-state index contributed by atoms with van der Waals surface area (Å²) in [6.45, 7) is 2.76. The molecule has 1 unspecified atom stereocenters. The number of anilines is 1. The van der Waals surface area contributed by atoms with E-state index in [0.717, 1.165) is 5.56 Å². The zero-order valence-electron chi connectivity index (χ0n) is 24.5. The topological polar surface area (TPSA) is 204 Å². The van der Waals surface area contributed by atoms with Crippen molar-refractivity contribution in [3.8, 4) is 11.8 Å². The first-order chi connectivity index (χ1) is 21.5. The third-order valence-corrected chi connectivity index (χ3v) is 8.67. The molecule has 0 saturated carbocycles. The summed E-state index contributed by atoms with van der Waals surface area (Å²) in [5.74, 6) is -0.393. The summed E-state index contributed by atoms with van der Waals surface area (Å²) < 4.78 is 38.6. The number of benzene rings is 2. The van der Waals surface area contributed by atoms with Gasteiger partial charge < -0.3 is 29.9 Å². The zero-order chi connectivity index (χ0) is 32.2. The van der Waals surface area contributed by atoms with Crippen molar-refractivity contribution in [2.24, 2.45) is 0 Å². The van der Waals surface area contributed by atoms with Crippen molar-refractivity contribution in [2.45, 2.75) is 56.3 Å². The van der Waals surface area contributed by atoms with Gasteiger partial charge >= 0.3 is 13.7 Å². The molecule has 2 aromatic carbocycles. The average Bonchev–Trinajstić information content (AvgIpc) is 3.57. The van der Waals surface area contributed by atoms with Gasteiger partial charge in [0.15, 0.2) is 5.82 Å². The monoisotopic (exact) mass is 636 g/mol. The van der Waals surface area contributed by atoms with Crippen LogP contribution in [0.25, 0.3) is 5.52 Å². The van der Waals surface area contributed by atoms with Crippen molar-refractivity contribution in [1.29, 1.82) is 5.26 Å². The van der Waals surface area contributed by atoms with Crippen LogP contribution in [-0.2, 0) is 35.4 Å². The highest BCUT2D eigenvalue weighted by molar-refractivity contribution is 7.52. The maximum atomic E-state index is 14.3. The Labute approximate surface area is 258 Å². The molecule has 1 aliphatic heterocycles. The second-order valence-electron chi connectivity index (χ2n) is 10.7. The molecule has 15 heteroatoms. The van der Waals surface area contributed by atoms with Crippen LogP contribution in [0.5, 0.6) is 5.75 Å². The summed E-state index contributed by atoms with van der Waals surface area (Å²) >= 11 is 0. The number of aliphatic hydroxyl groups excluding tert-OH is 2. The number of esters is 1. The zero-order valence-corrected chi connectivity index (χ0v) is 25.4. The SMILES string of the molecule is CC(C)OC(=O)[C@H](Cc1ccccc1)NP(=O)(OC[C@H]1O[C@@](C#N)(c2ccc3c(N)ncnn23)[C@H](O)[C@@H]1O)Oc1ccccc1. The molecule has 14 nitrogen and oxygen atoms in total. The second-order valence-corrected chi connectivity index (χ2v) is 12.3. The quantitative estimate of drug-likeness (QED) is 0.131. The van der Waals surface area contributed by atoms with Gasteiger partial charge in [0.1, 0.15) is 48.0 Å². The number of aliphatic hydroxyl groups is 2. The molecule has 1 fully saturated rings. The van der Waals surface area contributed by atoms with Crippen LogP contribution in [0.2, 0.25) is 0 Å². The van der Waals surface area contributed by atoms with Gasteiger partial charge in [-0.25, -0.2) is 14.1 Å². The molecule has 0 radical (unpaired) electrons. The van der Waals surface area contributed by atoms with E-state index in [9.17, 15) is 24.8 Å². The fraction of sp³-hybridized carbons (Fsp3) is 0.333. The number of carbonyl (C=O) groups excluding carboxylic acids is 1. The molecule has 45 heavy (non-hydrogen) atoms. The Hall–Kier alpha value is -4.35. The number of nitrogen functional groups attached to an aromatic ring is 1. The molecule has 0 spiro atoms. The van der Waals surface area contributed by atoms with Crippen LogP contribution in [-0.4, -0.2) is 67.8 Å². The molecule has 2 aromatic heterocycles. The van der Waals surface area contributed by atoms with Crippen molar-refractivity contribution in [3.63, 3.8) is 0 Å². The fourth-order valence-electron chi connectivity index (χ4n) is 4.97. The number of rotatable bonds is 12. The van der Waals surface area contributed by atoms with Crippen molar-refractivity contribution < 1.29 is 38.1 Å². The number of nitriles is 1. The third-order valence-electron chi connectivity index (χ3n) is 7.10. The van der Waals surface area contributed by atoms with Gasteiger partial charge in [-0.15, -0.1) is 0 Å². The molecule has 236 valence electrons. The number of aromatic nitrogens is 3. The van der Waals surface area contributed by atoms with Gasteiger partial charge in [-0.3, -0.25) is 9.32 Å². The van der Waals surface area contributed by atoms with E-state index >= 15 is 0 Å². The molecular formula is C30H33N6O8P. The Kier molecular flexibility index (Phi) is 9.50. The first kappa shape index (κ1) is 32.1. The maximum absolute atomic E-state index is 14.3. The van der Waals surface area contributed by atoms with Gasteiger partial charge in [0.05, 0.1) is 18.4 Å². The highest BCUT2D eigenvalue weighted by Crippen LogP contribution is 2.47. The lowest BCUT2D eigenvalue weighted by Crippen LogP contribution is -2.41. The van der Waals surface area contributed by atoms with E-state index in [4.69, 9.17) is 24.3 Å². The number of hydrogen-bond acceptors (Lipinski definition) is 12. The van der Waals surface area contributed by atoms with E-state index in [1.807, 2.05) is 12.1 Å². The lowest BCUT2D eigenvalue weighted by atomic mass is 9.92. The predicted molar refractivity (Wildman–Crippen MR) is 161 cm³/mol. The Morgan fingerprint density at radius 2 is 1.84 bits per heavy atom. The molecule has 6 atom stereocenters. The Morgan fingerprint density at radius 3 is 2.51 bits per heavy atom. The van der Waals surface area contributed by atoms with Gasteiger partial charge in [-0.1, -0.05) is 48.5 Å². The lowest BCUT2D eigenvalue weighted by molar-refractivity contribution is -0.149. The van der Waals surface area contributed by atoms with E-state index < -0.39 is 56.4 Å². The number of nitrogens with two attached hydrogens (primary N) is 1. The van der Waals surface area contributed by atoms with Crippen LogP contribution < -0.4 is 15.3 Å². The minimum absolute atomic E-state index is 0.0863. The molecule has 0 bridgehead atoms. The Morgan fingerprint density at radius 1 is 1.16 bits per heavy atom. The first-order valence-corrected chi connectivity index (χ1v) is 15.6. The summed E-state index contributed by atoms with van der Waals surface area (Å²) in [6, 6.07) is 21.0. The number of hydrogen-bond donors (Lipinski definition) is 4. The standard InChI is InChI=1S/C30H33N6O8P/c1-19(2)42-29(39)22(15-20-9-5-3-6-10-20)35-45(40,44-21-11-7-4-8-12-21)41-16-24-26(37)27(38)30(17-31,43-24)25-14-13-23-28(32)33-18-34-36(23)25/h3-14,18-19,22,24,26-27,37-38H,15-16H2,1-2H3,(H,35,40)(H2,32,33,34)/t22-,24+,26+,27+,30-,45?/m0/s1. The third kappa shape index (κ3) is 6.84. The average molecular weight is 637 g/mol. The summed E-state index contributed by atoms with van der Waals surface area (Å²) in [5.41, 5.74) is 5.02. The number of ether oxygens (including phenoxy) is 2. The van der Waals surface area contributed by atoms with Gasteiger partial charge in [-0.05, 0) is 50.1 Å². The van der Waals surface area contributed by atoms with Gasteiger partial charge in [0.2, 0.25) is 5.60 Å². The molecule has 5 N–H and O–H groups in total. The van der Waals surface area contributed by atoms with Crippen molar-refractivity contribution in [1.82, 2.24) is 19.7 Å². The van der Waals surface area contributed by atoms with Crippen LogP contribution >= 0.6 is 7.75 Å². The molecule has 3 heterocycles. The number of nitrogens with one attached hydrogen (secondary N) is 1. The molecule has 0 aliphatic carbocycles. The number of para-hydroxylation sites is 1. The molecule has 0 amide bonds. The van der Waals surface area contributed by atoms with E-state index in [-0.39, 0.29) is 23.7 Å². The maximum Gasteiger partial charge on any atom is 0.459 e. The number of nitrogens with zero attached hydrogens (tertiary/aromatic N) is 4. The van der Waals surface area contributed by atoms with Crippen LogP contribution in [0.1, 0.15) is 25.1 Å². The van der Waals surface area contributed by atoms with E-state index in [2.05, 4.69) is 15.2 Å². The van der Waals surface area contributed by atoms with Gasteiger partial charge in [-0.2, -0.15) is 15.4 Å². The normalized spacial score (nSPS) is 23.3. The van der Waals surface area contributed by atoms with Crippen LogP contribution in [0, 0.1) is 11.3 Å². The van der Waals surface area contributed by atoms with E-state index in [0.29, 0.717) is 5.52 Å². The second kappa shape index (κ2) is 13.3. The van der Waals surface area contributed by atoms with Crippen LogP contribution in [0.3, 0.4) is 0 Å². The van der Waals surface area contributed by atoms with Gasteiger partial charge in [0, 0.05) is 0 Å². The minimum atomic E-state index is -4.44. The lowest BCUT2D eigenvalue weighted by Gasteiger charge is -2.27. The smallest absolute Gasteiger partial charge is 0.459 e. The largest absolute Gasteiger partial charge is 0.462 e. The Balaban J connectivity index is 1.42. The molecule has 5 rings (SSSR count). The fourth-order valence-corrected chi connectivity index (χ4v) is 6.47. The highest BCUT2D eigenvalue weighted by atomic mass is 31.2. The summed E-state index contributed by atoms with van der Waals surface area (Å²) in [6.07, 6.45) is -3.99. The summed E-state index contributed by atoms with van der Waals surface area (Å²) in [7, 11) is -4.44. The van der Waals surface area contributed by atoms with E-state index in [1.54, 1.807) is 74.5 Å². The van der Waals surface area contributed by atoms with Gasteiger partial charge in [0.25, 0.3) is 0 Å². The minimum Gasteiger partial charge on any atom is -0.462 e. The van der Waals surface area contributed by atoms with Crippen LogP contribution in [0.4, 0.5) is 5.82 Å². The first-order valence-electron chi connectivity index (χ1n) is 14.1. The Bertz CT molecular complexity index is 1720. The number of fused-ring (bicyclic) bond motifs is 1. The molecule has 1 saturated heterocycles. The van der Waals surface area contributed by atoms with Crippen molar-refractivity contribution in [3.05, 3.63) is 90.4 Å². The summed E-state index contributed by atoms with van der Waals surface area (Å²) in [5, 5.41) is 39.1. The highest BCUT2D eigenvalue weighted by Gasteiger charge is 2.58. The van der Waals surface area contributed by atoms with Crippen molar-refractivity contribution >= 4 is 25.1 Å². The van der Waals surface area contributed by atoms with E-state index in [1.165, 1.54) is 16.9 Å². The molecule has 1 aliphatic rings. The summed E-state index contributed by atoms with van der Waals surface area (Å²) in [4.78, 5) is 17.1. The number of carbonyl (C=O) groups is 1. The van der Waals surface area contributed by atoms with Crippen LogP contribution in [0.15, 0.2) is 79.1 Å². The van der Waals surface area contributed by atoms with Crippen molar-refractivity contribution in [2.75, 3.05) is 12.3 Å². The predicted octanol–water partition coefficient (Wildman–Crippen LogP) is 2.51. The molecule has 4 aromatic rings. The molecular weight excluding hydrogens is 603 g/mol.